The molecular formula is C17H21ClN2O. The van der Waals surface area contributed by atoms with Crippen molar-refractivity contribution in [3.8, 4) is 5.75 Å². The Bertz CT molecular complexity index is 628. The molecular weight excluding hydrogens is 284 g/mol. The Balaban J connectivity index is 2.33. The van der Waals surface area contributed by atoms with Crippen LogP contribution in [0.25, 0.3) is 0 Å². The first-order valence-corrected chi connectivity index (χ1v) is 7.28. The monoisotopic (exact) mass is 304 g/mol. The quantitative estimate of drug-likeness (QED) is 0.654. The van der Waals surface area contributed by atoms with E-state index in [0.717, 1.165) is 33.9 Å². The smallest absolute Gasteiger partial charge is 0.122 e. The molecule has 2 aromatic rings. The van der Waals surface area contributed by atoms with E-state index in [1.165, 1.54) is 5.56 Å². The molecule has 3 N–H and O–H groups in total. The Hall–Kier alpha value is -1.55. The zero-order valence-electron chi connectivity index (χ0n) is 12.6. The van der Waals surface area contributed by atoms with Crippen LogP contribution in [-0.4, -0.2) is 7.11 Å². The van der Waals surface area contributed by atoms with Crippen LogP contribution in [0.5, 0.6) is 5.75 Å². The van der Waals surface area contributed by atoms with Gasteiger partial charge in [0.25, 0.3) is 0 Å². The van der Waals surface area contributed by atoms with Gasteiger partial charge in [0.15, 0.2) is 0 Å². The van der Waals surface area contributed by atoms with E-state index in [1.807, 2.05) is 37.3 Å². The van der Waals surface area contributed by atoms with Crippen molar-refractivity contribution in [3.63, 3.8) is 0 Å². The standard InChI is InChI=1S/C17H21ClN2O/c1-11-4-7-17(21-3)13(8-11)10-16(20-19)15-6-5-14(18)9-12(15)2/h4-9,16,20H,10,19H2,1-3H3. The number of nitrogens with two attached hydrogens (primary N) is 1. The molecule has 0 bridgehead atoms. The summed E-state index contributed by atoms with van der Waals surface area (Å²) in [4.78, 5) is 0. The number of benzene rings is 2. The third-order valence-electron chi connectivity index (χ3n) is 3.67. The van der Waals surface area contributed by atoms with Crippen LogP contribution in [-0.2, 0) is 6.42 Å². The second-order valence-electron chi connectivity index (χ2n) is 5.24. The Morgan fingerprint density at radius 3 is 2.57 bits per heavy atom. The number of aryl methyl sites for hydroxylation is 2. The third kappa shape index (κ3) is 3.76. The van der Waals surface area contributed by atoms with Gasteiger partial charge in [-0.3, -0.25) is 11.3 Å². The van der Waals surface area contributed by atoms with E-state index in [0.29, 0.717) is 0 Å². The molecule has 0 aliphatic rings. The Kier molecular flexibility index (Phi) is 5.23. The van der Waals surface area contributed by atoms with Crippen LogP contribution >= 0.6 is 11.6 Å². The van der Waals surface area contributed by atoms with Crippen molar-refractivity contribution in [1.29, 1.82) is 0 Å². The molecule has 2 rings (SSSR count). The van der Waals surface area contributed by atoms with Crippen LogP contribution in [0.1, 0.15) is 28.3 Å². The van der Waals surface area contributed by atoms with Crippen molar-refractivity contribution in [1.82, 2.24) is 5.43 Å². The molecule has 0 heterocycles. The molecule has 0 aliphatic heterocycles. The fraction of sp³-hybridized carbons (Fsp3) is 0.294. The van der Waals surface area contributed by atoms with Crippen LogP contribution in [0.3, 0.4) is 0 Å². The van der Waals surface area contributed by atoms with Crippen LogP contribution in [0, 0.1) is 13.8 Å². The topological polar surface area (TPSA) is 47.3 Å². The summed E-state index contributed by atoms with van der Waals surface area (Å²) < 4.78 is 5.44. The number of halogens is 1. The lowest BCUT2D eigenvalue weighted by Gasteiger charge is -2.20. The molecule has 0 amide bonds. The summed E-state index contributed by atoms with van der Waals surface area (Å²) in [6, 6.07) is 12.0. The van der Waals surface area contributed by atoms with Crippen molar-refractivity contribution in [2.24, 2.45) is 5.84 Å². The lowest BCUT2D eigenvalue weighted by Crippen LogP contribution is -2.30. The second kappa shape index (κ2) is 6.94. The fourth-order valence-corrected chi connectivity index (χ4v) is 2.80. The van der Waals surface area contributed by atoms with Gasteiger partial charge in [-0.25, -0.2) is 0 Å². The second-order valence-corrected chi connectivity index (χ2v) is 5.68. The Morgan fingerprint density at radius 2 is 1.95 bits per heavy atom. The van der Waals surface area contributed by atoms with Gasteiger partial charge in [0.1, 0.15) is 5.75 Å². The zero-order valence-corrected chi connectivity index (χ0v) is 13.4. The van der Waals surface area contributed by atoms with Gasteiger partial charge in [0.05, 0.1) is 13.2 Å². The molecule has 1 unspecified atom stereocenters. The van der Waals surface area contributed by atoms with Crippen LogP contribution in [0.4, 0.5) is 0 Å². The summed E-state index contributed by atoms with van der Waals surface area (Å²) in [6.07, 6.45) is 0.754. The average Bonchev–Trinajstić information content (AvgIpc) is 2.45. The highest BCUT2D eigenvalue weighted by Gasteiger charge is 2.15. The van der Waals surface area contributed by atoms with E-state index < -0.39 is 0 Å². The highest BCUT2D eigenvalue weighted by molar-refractivity contribution is 6.30. The van der Waals surface area contributed by atoms with Crippen molar-refractivity contribution in [2.75, 3.05) is 7.11 Å². The maximum atomic E-state index is 6.02. The summed E-state index contributed by atoms with van der Waals surface area (Å²) in [5.41, 5.74) is 7.50. The first kappa shape index (κ1) is 15.8. The lowest BCUT2D eigenvalue weighted by atomic mass is 9.94. The van der Waals surface area contributed by atoms with Crippen LogP contribution in [0.15, 0.2) is 36.4 Å². The molecule has 1 atom stereocenters. The average molecular weight is 305 g/mol. The molecule has 2 aromatic carbocycles. The molecule has 21 heavy (non-hydrogen) atoms. The number of rotatable bonds is 5. The van der Waals surface area contributed by atoms with E-state index in [9.17, 15) is 0 Å². The minimum atomic E-state index is 0.0120. The van der Waals surface area contributed by atoms with Crippen molar-refractivity contribution < 1.29 is 4.74 Å². The predicted molar refractivity (Wildman–Crippen MR) is 87.7 cm³/mol. The van der Waals surface area contributed by atoms with Gasteiger partial charge in [-0.05, 0) is 55.2 Å². The Morgan fingerprint density at radius 1 is 1.19 bits per heavy atom. The van der Waals surface area contributed by atoms with E-state index in [1.54, 1.807) is 7.11 Å². The van der Waals surface area contributed by atoms with Crippen molar-refractivity contribution >= 4 is 11.6 Å². The highest BCUT2D eigenvalue weighted by atomic mass is 35.5. The van der Waals surface area contributed by atoms with Crippen molar-refractivity contribution in [2.45, 2.75) is 26.3 Å². The summed E-state index contributed by atoms with van der Waals surface area (Å²) in [6.45, 7) is 4.11. The summed E-state index contributed by atoms with van der Waals surface area (Å²) in [5, 5.41) is 0.736. The SMILES string of the molecule is COc1ccc(C)cc1CC(NN)c1ccc(Cl)cc1C. The molecule has 0 spiro atoms. The summed E-state index contributed by atoms with van der Waals surface area (Å²) in [5.74, 6) is 6.65. The summed E-state index contributed by atoms with van der Waals surface area (Å²) in [7, 11) is 1.69. The molecule has 112 valence electrons. The minimum absolute atomic E-state index is 0.0120. The predicted octanol–water partition coefficient (Wildman–Crippen LogP) is 3.71. The highest BCUT2D eigenvalue weighted by Crippen LogP contribution is 2.28. The zero-order chi connectivity index (χ0) is 15.4. The van der Waals surface area contributed by atoms with Gasteiger partial charge in [0, 0.05) is 5.02 Å². The Labute approximate surface area is 131 Å². The minimum Gasteiger partial charge on any atom is -0.496 e. The van der Waals surface area contributed by atoms with Gasteiger partial charge >= 0.3 is 0 Å². The van der Waals surface area contributed by atoms with Crippen LogP contribution < -0.4 is 16.0 Å². The third-order valence-corrected chi connectivity index (χ3v) is 3.90. The number of hydrogen-bond acceptors (Lipinski definition) is 3. The molecule has 0 saturated heterocycles. The molecule has 0 radical (unpaired) electrons. The molecule has 0 saturated carbocycles. The molecule has 0 aromatic heterocycles. The first-order valence-electron chi connectivity index (χ1n) is 6.91. The van der Waals surface area contributed by atoms with Gasteiger partial charge < -0.3 is 4.74 Å². The van der Waals surface area contributed by atoms with E-state index >= 15 is 0 Å². The number of hydrazine groups is 1. The largest absolute Gasteiger partial charge is 0.496 e. The number of ether oxygens (including phenoxy) is 1. The number of hydrogen-bond donors (Lipinski definition) is 2. The maximum absolute atomic E-state index is 6.02. The molecule has 0 aliphatic carbocycles. The van der Waals surface area contributed by atoms with E-state index in [-0.39, 0.29) is 6.04 Å². The number of methoxy groups -OCH3 is 1. The lowest BCUT2D eigenvalue weighted by molar-refractivity contribution is 0.405. The first-order chi connectivity index (χ1) is 10.0. The maximum Gasteiger partial charge on any atom is 0.122 e. The van der Waals surface area contributed by atoms with Gasteiger partial charge in [-0.15, -0.1) is 0 Å². The van der Waals surface area contributed by atoms with Crippen molar-refractivity contribution in [3.05, 3.63) is 63.7 Å². The van der Waals surface area contributed by atoms with Gasteiger partial charge in [-0.2, -0.15) is 0 Å². The summed E-state index contributed by atoms with van der Waals surface area (Å²) >= 11 is 6.02. The molecule has 4 heteroatoms. The fourth-order valence-electron chi connectivity index (χ4n) is 2.58. The van der Waals surface area contributed by atoms with E-state index in [2.05, 4.69) is 18.4 Å². The number of nitrogens with one attached hydrogen (secondary N) is 1. The van der Waals surface area contributed by atoms with E-state index in [4.69, 9.17) is 22.2 Å². The molecule has 3 nitrogen and oxygen atoms in total. The van der Waals surface area contributed by atoms with Gasteiger partial charge in [-0.1, -0.05) is 35.4 Å². The normalized spacial score (nSPS) is 12.2. The molecule has 0 fully saturated rings. The van der Waals surface area contributed by atoms with Gasteiger partial charge in [0.2, 0.25) is 0 Å². The van der Waals surface area contributed by atoms with Crippen LogP contribution in [0.2, 0.25) is 5.02 Å².